The summed E-state index contributed by atoms with van der Waals surface area (Å²) in [6, 6.07) is 4.46. The molecule has 0 aliphatic rings. The van der Waals surface area contributed by atoms with Gasteiger partial charge in [0.15, 0.2) is 4.34 Å². The van der Waals surface area contributed by atoms with Crippen LogP contribution >= 0.6 is 34.9 Å². The molecule has 1 unspecified atom stereocenters. The number of nitrogens with zero attached hydrogens (tertiary/aromatic N) is 1. The quantitative estimate of drug-likeness (QED) is 0.279. The Bertz CT molecular complexity index is 954. The first-order valence-electron chi connectivity index (χ1n) is 10.4. The van der Waals surface area contributed by atoms with Crippen LogP contribution in [-0.2, 0) is 19.1 Å². The molecular weight excluding hydrogens is 466 g/mol. The largest absolute Gasteiger partial charge is 0.460 e. The van der Waals surface area contributed by atoms with Gasteiger partial charge in [0, 0.05) is 24.1 Å². The maximum atomic E-state index is 12.8. The SMILES string of the molecule is CC(=O)NC(CC(=O)OC(C)(C)C)C(=O)Nc1ccc2nc(SCCSC(C)C)sc2c1. The monoisotopic (exact) mass is 497 g/mol. The van der Waals surface area contributed by atoms with Crippen LogP contribution in [0.4, 0.5) is 5.69 Å². The van der Waals surface area contributed by atoms with E-state index in [0.717, 1.165) is 26.1 Å². The summed E-state index contributed by atoms with van der Waals surface area (Å²) in [5.41, 5.74) is 0.783. The van der Waals surface area contributed by atoms with Crippen LogP contribution in [0, 0.1) is 0 Å². The number of fused-ring (bicyclic) bond motifs is 1. The fourth-order valence-electron chi connectivity index (χ4n) is 2.69. The number of thiazole rings is 1. The van der Waals surface area contributed by atoms with E-state index in [1.807, 2.05) is 23.9 Å². The van der Waals surface area contributed by atoms with Crippen molar-refractivity contribution < 1.29 is 19.1 Å². The highest BCUT2D eigenvalue weighted by molar-refractivity contribution is 8.04. The maximum Gasteiger partial charge on any atom is 0.308 e. The number of carbonyl (C=O) groups excluding carboxylic acids is 3. The normalized spacial score (nSPS) is 12.6. The van der Waals surface area contributed by atoms with Gasteiger partial charge in [0.2, 0.25) is 11.8 Å². The van der Waals surface area contributed by atoms with E-state index in [2.05, 4.69) is 29.5 Å². The van der Waals surface area contributed by atoms with Crippen LogP contribution in [0.25, 0.3) is 10.2 Å². The second kappa shape index (κ2) is 11.9. The van der Waals surface area contributed by atoms with E-state index in [4.69, 9.17) is 4.74 Å². The lowest BCUT2D eigenvalue weighted by atomic mass is 10.1. The molecule has 176 valence electrons. The fourth-order valence-corrected chi connectivity index (χ4v) is 5.71. The van der Waals surface area contributed by atoms with Crippen molar-refractivity contribution in [2.75, 3.05) is 16.8 Å². The number of amides is 2. The lowest BCUT2D eigenvalue weighted by molar-refractivity contribution is -0.156. The minimum atomic E-state index is -1.02. The molecule has 0 bridgehead atoms. The average molecular weight is 498 g/mol. The second-order valence-electron chi connectivity index (χ2n) is 8.46. The Kier molecular flexibility index (Phi) is 9.84. The summed E-state index contributed by atoms with van der Waals surface area (Å²) in [5, 5.41) is 5.94. The van der Waals surface area contributed by atoms with E-state index in [1.165, 1.54) is 6.92 Å². The molecule has 0 fully saturated rings. The number of rotatable bonds is 10. The molecule has 0 aliphatic carbocycles. The molecule has 2 aromatic rings. The van der Waals surface area contributed by atoms with Gasteiger partial charge in [-0.15, -0.1) is 11.3 Å². The lowest BCUT2D eigenvalue weighted by Crippen LogP contribution is -2.45. The summed E-state index contributed by atoms with van der Waals surface area (Å²) < 4.78 is 7.24. The van der Waals surface area contributed by atoms with Gasteiger partial charge in [-0.1, -0.05) is 25.6 Å². The number of thioether (sulfide) groups is 2. The molecule has 1 atom stereocenters. The number of hydrogen-bond donors (Lipinski definition) is 2. The zero-order valence-corrected chi connectivity index (χ0v) is 21.8. The van der Waals surface area contributed by atoms with E-state index in [1.54, 1.807) is 49.9 Å². The maximum absolute atomic E-state index is 12.8. The zero-order valence-electron chi connectivity index (χ0n) is 19.3. The van der Waals surface area contributed by atoms with Gasteiger partial charge in [0.1, 0.15) is 11.6 Å². The predicted octanol–water partition coefficient (Wildman–Crippen LogP) is 4.71. The molecule has 10 heteroatoms. The first kappa shape index (κ1) is 26.5. The Hall–Kier alpha value is -1.78. The third-order valence-electron chi connectivity index (χ3n) is 3.88. The number of nitrogens with one attached hydrogen (secondary N) is 2. The van der Waals surface area contributed by atoms with E-state index in [-0.39, 0.29) is 6.42 Å². The van der Waals surface area contributed by atoms with Crippen LogP contribution < -0.4 is 10.6 Å². The van der Waals surface area contributed by atoms with Gasteiger partial charge in [-0.3, -0.25) is 14.4 Å². The van der Waals surface area contributed by atoms with Crippen LogP contribution in [0.3, 0.4) is 0 Å². The highest BCUT2D eigenvalue weighted by Gasteiger charge is 2.26. The number of ether oxygens (including phenoxy) is 1. The van der Waals surface area contributed by atoms with Gasteiger partial charge in [-0.2, -0.15) is 11.8 Å². The molecule has 2 rings (SSSR count). The van der Waals surface area contributed by atoms with E-state index >= 15 is 0 Å². The number of esters is 1. The molecule has 0 spiro atoms. The first-order valence-corrected chi connectivity index (χ1v) is 13.2. The zero-order chi connectivity index (χ0) is 23.9. The minimum absolute atomic E-state index is 0.249. The van der Waals surface area contributed by atoms with Gasteiger partial charge in [-0.05, 0) is 44.2 Å². The Morgan fingerprint density at radius 2 is 1.91 bits per heavy atom. The Labute approximate surface area is 201 Å². The second-order valence-corrected chi connectivity index (χ2v) is 12.5. The van der Waals surface area contributed by atoms with E-state index in [9.17, 15) is 14.4 Å². The Balaban J connectivity index is 2.04. The molecule has 0 aliphatic heterocycles. The van der Waals surface area contributed by atoms with Crippen LogP contribution in [0.1, 0.15) is 48.0 Å². The molecule has 0 radical (unpaired) electrons. The topological polar surface area (TPSA) is 97.4 Å². The first-order chi connectivity index (χ1) is 14.9. The highest BCUT2D eigenvalue weighted by atomic mass is 32.2. The molecule has 2 N–H and O–H groups in total. The van der Waals surface area contributed by atoms with Crippen LogP contribution in [0.15, 0.2) is 22.5 Å². The van der Waals surface area contributed by atoms with Crippen LogP contribution in [-0.4, -0.2) is 51.2 Å². The van der Waals surface area contributed by atoms with Gasteiger partial charge < -0.3 is 15.4 Å². The van der Waals surface area contributed by atoms with E-state index < -0.39 is 29.4 Å². The highest BCUT2D eigenvalue weighted by Crippen LogP contribution is 2.32. The number of carbonyl (C=O) groups is 3. The van der Waals surface area contributed by atoms with Crippen molar-refractivity contribution >= 4 is 68.5 Å². The number of hydrogen-bond acceptors (Lipinski definition) is 8. The Morgan fingerprint density at radius 1 is 1.19 bits per heavy atom. The minimum Gasteiger partial charge on any atom is -0.460 e. The van der Waals surface area contributed by atoms with Crippen molar-refractivity contribution in [3.63, 3.8) is 0 Å². The van der Waals surface area contributed by atoms with Gasteiger partial charge in [0.05, 0.1) is 16.6 Å². The number of aromatic nitrogens is 1. The Morgan fingerprint density at radius 3 is 2.53 bits per heavy atom. The summed E-state index contributed by atoms with van der Waals surface area (Å²) in [6.45, 7) is 10.9. The summed E-state index contributed by atoms with van der Waals surface area (Å²) in [4.78, 5) is 41.1. The molecular formula is C22H31N3O4S3. The smallest absolute Gasteiger partial charge is 0.308 e. The molecule has 1 aromatic heterocycles. The molecule has 2 amide bonds. The summed E-state index contributed by atoms with van der Waals surface area (Å²) in [5.74, 6) is 0.637. The molecule has 0 saturated heterocycles. The van der Waals surface area contributed by atoms with Crippen molar-refractivity contribution in [3.05, 3.63) is 18.2 Å². The fraction of sp³-hybridized carbons (Fsp3) is 0.545. The van der Waals surface area contributed by atoms with Gasteiger partial charge in [0.25, 0.3) is 0 Å². The third-order valence-corrected chi connectivity index (χ3v) is 7.41. The van der Waals surface area contributed by atoms with Crippen LogP contribution in [0.2, 0.25) is 0 Å². The summed E-state index contributed by atoms with van der Waals surface area (Å²) >= 11 is 5.24. The molecule has 32 heavy (non-hydrogen) atoms. The number of anilines is 1. The number of benzene rings is 1. The van der Waals surface area contributed by atoms with E-state index in [0.29, 0.717) is 10.9 Å². The van der Waals surface area contributed by atoms with Crippen molar-refractivity contribution in [2.24, 2.45) is 0 Å². The predicted molar refractivity (Wildman–Crippen MR) is 135 cm³/mol. The molecule has 7 nitrogen and oxygen atoms in total. The van der Waals surface area contributed by atoms with Crippen molar-refractivity contribution in [1.82, 2.24) is 10.3 Å². The van der Waals surface area contributed by atoms with Gasteiger partial charge >= 0.3 is 5.97 Å². The molecule has 1 aromatic carbocycles. The third kappa shape index (κ3) is 9.38. The van der Waals surface area contributed by atoms with Crippen molar-refractivity contribution in [3.8, 4) is 0 Å². The van der Waals surface area contributed by atoms with Crippen LogP contribution in [0.5, 0.6) is 0 Å². The molecule has 1 heterocycles. The summed E-state index contributed by atoms with van der Waals surface area (Å²) in [6.07, 6.45) is -0.249. The van der Waals surface area contributed by atoms with Crippen molar-refractivity contribution in [1.29, 1.82) is 0 Å². The molecule has 0 saturated carbocycles. The lowest BCUT2D eigenvalue weighted by Gasteiger charge is -2.22. The average Bonchev–Trinajstić information content (AvgIpc) is 3.04. The standard InChI is InChI=1S/C22H31N3O4S3/c1-13(2)30-9-10-31-21-25-16-8-7-15(11-18(16)32-21)24-20(28)17(23-14(3)26)12-19(27)29-22(4,5)6/h7-8,11,13,17H,9-10,12H2,1-6H3,(H,23,26)(H,24,28). The van der Waals surface area contributed by atoms with Crippen molar-refractivity contribution in [2.45, 2.75) is 69.2 Å². The summed E-state index contributed by atoms with van der Waals surface area (Å²) in [7, 11) is 0. The van der Waals surface area contributed by atoms with Gasteiger partial charge in [-0.25, -0.2) is 4.98 Å².